The van der Waals surface area contributed by atoms with Crippen LogP contribution in [-0.2, 0) is 35.4 Å². The van der Waals surface area contributed by atoms with Gasteiger partial charge >= 0.3 is 6.36 Å². The van der Waals surface area contributed by atoms with Gasteiger partial charge in [0.1, 0.15) is 36.0 Å². The van der Waals surface area contributed by atoms with Gasteiger partial charge in [0.15, 0.2) is 19.7 Å². The zero-order valence-electron chi connectivity index (χ0n) is 33.5. The summed E-state index contributed by atoms with van der Waals surface area (Å²) in [4.78, 5) is 32.6. The summed E-state index contributed by atoms with van der Waals surface area (Å²) in [6, 6.07) is 18.6. The highest BCUT2D eigenvalue weighted by Crippen LogP contribution is 2.58. The Hall–Kier alpha value is -4.96. The molecular weight excluding hydrogens is 772 g/mol. The number of hydrogen-bond acceptors (Lipinski definition) is 11. The van der Waals surface area contributed by atoms with Crippen molar-refractivity contribution in [3.8, 4) is 17.4 Å². The molecule has 4 atom stereocenters. The van der Waals surface area contributed by atoms with Crippen LogP contribution in [0.1, 0.15) is 77.2 Å². The normalized spacial score (nSPS) is 22.0. The van der Waals surface area contributed by atoms with Crippen molar-refractivity contribution >= 4 is 25.6 Å². The van der Waals surface area contributed by atoms with Gasteiger partial charge in [-0.3, -0.25) is 9.59 Å². The van der Waals surface area contributed by atoms with E-state index in [4.69, 9.17) is 28.9 Å². The summed E-state index contributed by atoms with van der Waals surface area (Å²) in [5, 5.41) is 16.0. The van der Waals surface area contributed by atoms with Crippen LogP contribution in [0.5, 0.6) is 17.4 Å². The van der Waals surface area contributed by atoms with Crippen molar-refractivity contribution in [2.24, 2.45) is 17.6 Å². The minimum absolute atomic E-state index is 0.00397. The summed E-state index contributed by atoms with van der Waals surface area (Å²) in [7, 11) is 0.358. The number of rotatable bonds is 11. The molecule has 11 nitrogen and oxygen atoms in total. The Balaban J connectivity index is 1.42. The van der Waals surface area contributed by atoms with E-state index in [2.05, 4.69) is 5.16 Å². The number of nitrogens with two attached hydrogens (primary N) is 1. The number of nitrogens with zero attached hydrogens (tertiary/aromatic N) is 2. The molecule has 3 N–H and O–H groups in total. The van der Waals surface area contributed by atoms with Gasteiger partial charge in [0.25, 0.3) is 5.88 Å². The van der Waals surface area contributed by atoms with Gasteiger partial charge in [0, 0.05) is 29.2 Å². The first kappa shape index (κ1) is 41.2. The van der Waals surface area contributed by atoms with Crippen molar-refractivity contribution < 1.29 is 51.0 Å². The molecule has 0 saturated heterocycles. The Kier molecular flexibility index (Phi) is 10.7. The van der Waals surface area contributed by atoms with Gasteiger partial charge in [-0.15, -0.1) is 13.2 Å². The Labute approximate surface area is 336 Å². The van der Waals surface area contributed by atoms with E-state index in [9.17, 15) is 18.3 Å². The number of carbonyl (C=O) groups is 2. The van der Waals surface area contributed by atoms with E-state index >= 15 is 9.59 Å². The van der Waals surface area contributed by atoms with Gasteiger partial charge in [-0.25, -0.2) is 0 Å². The largest absolute Gasteiger partial charge is 0.573 e. The van der Waals surface area contributed by atoms with Crippen LogP contribution in [0.3, 0.4) is 0 Å². The van der Waals surface area contributed by atoms with E-state index in [0.717, 1.165) is 11.1 Å². The molecule has 58 heavy (non-hydrogen) atoms. The van der Waals surface area contributed by atoms with Gasteiger partial charge < -0.3 is 38.9 Å². The zero-order chi connectivity index (χ0) is 41.9. The molecule has 0 spiro atoms. The molecule has 3 aliphatic rings. The summed E-state index contributed by atoms with van der Waals surface area (Å²) < 4.78 is 72.4. The summed E-state index contributed by atoms with van der Waals surface area (Å²) in [6.45, 7) is 9.77. The second-order valence-electron chi connectivity index (χ2n) is 17.1. The van der Waals surface area contributed by atoms with Crippen LogP contribution in [0, 0.1) is 11.8 Å². The lowest BCUT2D eigenvalue weighted by Gasteiger charge is -2.53. The molecule has 3 aliphatic carbocycles. The van der Waals surface area contributed by atoms with Gasteiger partial charge in [-0.05, 0) is 73.3 Å². The predicted molar refractivity (Wildman–Crippen MR) is 211 cm³/mol. The molecule has 0 amide bonds. The quantitative estimate of drug-likeness (QED) is 0.111. The minimum atomic E-state index is -5.09. The maximum atomic E-state index is 15.6. The molecule has 1 saturated carbocycles. The number of Topliss-reactive ketones (excluding diaryl/α,β-unsaturated/α-hetero) is 2. The number of ether oxygens (including phenoxy) is 3. The van der Waals surface area contributed by atoms with Crippen molar-refractivity contribution in [2.75, 3.05) is 14.1 Å². The summed E-state index contributed by atoms with van der Waals surface area (Å²) >= 11 is 0. The third-order valence-electron chi connectivity index (χ3n) is 11.8. The average Bonchev–Trinajstić information content (AvgIpc) is 3.58. The Morgan fingerprint density at radius 2 is 1.55 bits per heavy atom. The lowest BCUT2D eigenvalue weighted by Crippen LogP contribution is -2.68. The van der Waals surface area contributed by atoms with Crippen LogP contribution in [0.15, 0.2) is 76.8 Å². The van der Waals surface area contributed by atoms with Crippen LogP contribution < -0.4 is 19.9 Å². The van der Waals surface area contributed by atoms with E-state index in [0.29, 0.717) is 0 Å². The molecule has 1 unspecified atom stereocenters. The van der Waals surface area contributed by atoms with E-state index < -0.39 is 66.3 Å². The van der Waals surface area contributed by atoms with Crippen molar-refractivity contribution in [1.29, 1.82) is 0 Å². The van der Waals surface area contributed by atoms with Crippen LogP contribution in [0.25, 0.3) is 5.76 Å². The molecule has 1 heterocycles. The number of ketones is 2. The number of benzene rings is 3. The number of carbonyl (C=O) groups excluding carboxylic acids is 2. The fourth-order valence-corrected chi connectivity index (χ4v) is 9.53. The fourth-order valence-electron chi connectivity index (χ4n) is 8.08. The Morgan fingerprint density at radius 3 is 2.12 bits per heavy atom. The summed E-state index contributed by atoms with van der Waals surface area (Å²) in [6.07, 6.45) is -5.29. The lowest BCUT2D eigenvalue weighted by atomic mass is 9.57. The van der Waals surface area contributed by atoms with E-state index in [1.54, 1.807) is 19.0 Å². The van der Waals surface area contributed by atoms with Gasteiger partial charge in [0.2, 0.25) is 11.6 Å². The number of halogens is 3. The number of alkyl halides is 3. The molecule has 0 radical (unpaired) electrons. The second kappa shape index (κ2) is 15.0. The Bertz CT molecular complexity index is 2250. The van der Waals surface area contributed by atoms with Gasteiger partial charge in [0.05, 0.1) is 11.6 Å². The summed E-state index contributed by atoms with van der Waals surface area (Å²) in [5.74, 6) is -4.74. The number of hydrogen-bond donors (Lipinski definition) is 2. The maximum absolute atomic E-state index is 15.6. The van der Waals surface area contributed by atoms with Gasteiger partial charge in [-0.2, -0.15) is 0 Å². The Morgan fingerprint density at radius 1 is 0.948 bits per heavy atom. The number of fused-ring (bicyclic) bond motifs is 4. The number of aliphatic hydroxyl groups is 1. The molecule has 1 fully saturated rings. The monoisotopic (exact) mass is 819 g/mol. The molecule has 0 bridgehead atoms. The second-order valence-corrected chi connectivity index (χ2v) is 21.8. The molecule has 308 valence electrons. The fraction of sp³-hybridized carbons (Fsp3) is 0.419. The SMILES string of the molecule is CN(C)Cc1cc(OCc2ccccc2)c2c(c1OC(F)(F)F)C[C@H]1C[C@H]3[C@H](N)c4onc(OCc5ccccc5)c4C(=O)C3(O[Si](C)(C)C(C)(C)C)C(=O)C1=C2O. The molecule has 15 heteroatoms. The average molecular weight is 820 g/mol. The third-order valence-corrected chi connectivity index (χ3v) is 16.2. The zero-order valence-corrected chi connectivity index (χ0v) is 34.5. The summed E-state index contributed by atoms with van der Waals surface area (Å²) in [5.41, 5.74) is 6.06. The standard InChI is InChI=1S/C43H48F3N3O8Si/c1-41(2,3)58(6,7)57-42-29(34(47)37-33(39(42)52)40(48-56-37)54-23-25-16-12-9-13-17-25)19-26-18-28-32(35(50)31(26)38(42)51)30(53-22-24-14-10-8-11-15-24)20-27(21-49(4)5)36(28)55-43(44,45)46/h8-17,20,26,29,34,50H,18-19,21-23,47H2,1-7H3/t26-,29-,34-,42?/m0/s1. The van der Waals surface area contributed by atoms with Crippen LogP contribution >= 0.6 is 0 Å². The minimum Gasteiger partial charge on any atom is -0.507 e. The van der Waals surface area contributed by atoms with Crippen molar-refractivity contribution in [3.05, 3.63) is 111 Å². The predicted octanol–water partition coefficient (Wildman–Crippen LogP) is 8.48. The van der Waals surface area contributed by atoms with Crippen LogP contribution in [0.4, 0.5) is 13.2 Å². The lowest BCUT2D eigenvalue weighted by molar-refractivity contribution is -0.275. The van der Waals surface area contributed by atoms with E-state index in [1.807, 2.05) is 94.5 Å². The highest BCUT2D eigenvalue weighted by Gasteiger charge is 2.68. The third kappa shape index (κ3) is 7.33. The first-order valence-corrected chi connectivity index (χ1v) is 22.1. The molecular formula is C43H48F3N3O8Si. The molecule has 0 aliphatic heterocycles. The molecule has 4 aromatic rings. The van der Waals surface area contributed by atoms with E-state index in [-0.39, 0.29) is 77.8 Å². The molecule has 1 aromatic heterocycles. The van der Waals surface area contributed by atoms with Gasteiger partial charge in [-0.1, -0.05) is 81.4 Å². The molecule has 7 rings (SSSR count). The number of aliphatic hydroxyl groups excluding tert-OH is 1. The van der Waals surface area contributed by atoms with E-state index in [1.165, 1.54) is 6.07 Å². The van der Waals surface area contributed by atoms with Crippen molar-refractivity contribution in [1.82, 2.24) is 10.1 Å². The highest BCUT2D eigenvalue weighted by molar-refractivity contribution is 6.74. The van der Waals surface area contributed by atoms with Crippen LogP contribution in [0.2, 0.25) is 18.1 Å². The van der Waals surface area contributed by atoms with Crippen molar-refractivity contribution in [3.63, 3.8) is 0 Å². The number of aromatic nitrogens is 1. The highest BCUT2D eigenvalue weighted by atomic mass is 28.4. The maximum Gasteiger partial charge on any atom is 0.573 e. The molecule has 3 aromatic carbocycles. The van der Waals surface area contributed by atoms with Crippen LogP contribution in [-0.4, -0.2) is 61.1 Å². The topological polar surface area (TPSA) is 147 Å². The first-order valence-electron chi connectivity index (χ1n) is 19.1. The van der Waals surface area contributed by atoms with Crippen molar-refractivity contribution in [2.45, 2.75) is 89.5 Å². The smallest absolute Gasteiger partial charge is 0.507 e. The first-order chi connectivity index (χ1) is 27.2.